The first-order valence-corrected chi connectivity index (χ1v) is 6.99. The molecule has 2 aromatic rings. The van der Waals surface area contributed by atoms with Crippen LogP contribution in [-0.2, 0) is 6.54 Å². The van der Waals surface area contributed by atoms with Gasteiger partial charge in [0.05, 0.1) is 0 Å². The minimum atomic E-state index is 0.685. The Balaban J connectivity index is 1.42. The maximum Gasteiger partial charge on any atom is 0.137 e. The molecule has 3 heteroatoms. The molecule has 2 aliphatic rings. The second-order valence-electron chi connectivity index (χ2n) is 5.95. The molecular formula is C15H19N3. The fourth-order valence-corrected chi connectivity index (χ4v) is 3.19. The Bertz CT molecular complexity index is 564. The van der Waals surface area contributed by atoms with E-state index in [0.717, 1.165) is 18.1 Å². The van der Waals surface area contributed by atoms with E-state index in [1.807, 2.05) is 12.3 Å². The van der Waals surface area contributed by atoms with Gasteiger partial charge in [-0.1, -0.05) is 0 Å². The van der Waals surface area contributed by atoms with Crippen molar-refractivity contribution in [3.05, 3.63) is 30.1 Å². The number of rotatable bonds is 5. The topological polar surface area (TPSA) is 40.7 Å². The van der Waals surface area contributed by atoms with Crippen molar-refractivity contribution < 1.29 is 0 Å². The Morgan fingerprint density at radius 3 is 3.06 bits per heavy atom. The molecule has 0 aliphatic heterocycles. The Kier molecular flexibility index (Phi) is 2.24. The molecule has 0 radical (unpaired) electrons. The van der Waals surface area contributed by atoms with Crippen molar-refractivity contribution in [2.75, 3.05) is 6.54 Å². The third kappa shape index (κ3) is 1.74. The van der Waals surface area contributed by atoms with Gasteiger partial charge < -0.3 is 10.3 Å². The van der Waals surface area contributed by atoms with Crippen LogP contribution in [0.2, 0.25) is 0 Å². The number of aromatic amines is 1. The predicted octanol–water partition coefficient (Wildman–Crippen LogP) is 2.84. The van der Waals surface area contributed by atoms with Crippen LogP contribution in [0.5, 0.6) is 0 Å². The van der Waals surface area contributed by atoms with E-state index in [0.29, 0.717) is 5.41 Å². The van der Waals surface area contributed by atoms with E-state index < -0.39 is 0 Å². The molecule has 0 spiro atoms. The van der Waals surface area contributed by atoms with Gasteiger partial charge in [-0.15, -0.1) is 0 Å². The summed E-state index contributed by atoms with van der Waals surface area (Å²) in [7, 11) is 0. The molecule has 0 aromatic carbocycles. The van der Waals surface area contributed by atoms with Crippen LogP contribution in [0.3, 0.4) is 0 Å². The van der Waals surface area contributed by atoms with E-state index in [2.05, 4.69) is 27.5 Å². The number of nitrogens with one attached hydrogen (secondary N) is 2. The number of aromatic nitrogens is 2. The molecule has 4 rings (SSSR count). The van der Waals surface area contributed by atoms with Gasteiger partial charge in [0, 0.05) is 30.9 Å². The summed E-state index contributed by atoms with van der Waals surface area (Å²) in [6.07, 6.45) is 9.75. The molecular weight excluding hydrogens is 222 g/mol. The van der Waals surface area contributed by atoms with Gasteiger partial charge in [-0.05, 0) is 54.7 Å². The number of fused-ring (bicyclic) bond motifs is 1. The summed E-state index contributed by atoms with van der Waals surface area (Å²) in [6.45, 7) is 2.16. The molecule has 2 N–H and O–H groups in total. The highest BCUT2D eigenvalue weighted by atomic mass is 14.9. The van der Waals surface area contributed by atoms with E-state index in [1.54, 1.807) is 0 Å². The highest BCUT2D eigenvalue weighted by Crippen LogP contribution is 2.60. The van der Waals surface area contributed by atoms with Crippen LogP contribution in [0.25, 0.3) is 11.0 Å². The summed E-state index contributed by atoms with van der Waals surface area (Å²) in [5, 5.41) is 4.91. The van der Waals surface area contributed by atoms with Gasteiger partial charge in [0.2, 0.25) is 0 Å². The van der Waals surface area contributed by atoms with Gasteiger partial charge in [-0.2, -0.15) is 0 Å². The zero-order chi connectivity index (χ0) is 12.0. The maximum atomic E-state index is 4.33. The van der Waals surface area contributed by atoms with Crippen molar-refractivity contribution >= 4 is 11.0 Å². The normalized spacial score (nSPS) is 21.3. The van der Waals surface area contributed by atoms with Crippen LogP contribution in [0.4, 0.5) is 0 Å². The highest BCUT2D eigenvalue weighted by molar-refractivity contribution is 5.79. The number of hydrogen-bond donors (Lipinski definition) is 2. The summed E-state index contributed by atoms with van der Waals surface area (Å²) < 4.78 is 0. The molecule has 0 atom stereocenters. The summed E-state index contributed by atoms with van der Waals surface area (Å²) in [4.78, 5) is 7.56. The number of pyridine rings is 1. The molecule has 0 amide bonds. The number of H-pyrrole nitrogens is 1. The minimum absolute atomic E-state index is 0.685. The fourth-order valence-electron chi connectivity index (χ4n) is 3.19. The van der Waals surface area contributed by atoms with Gasteiger partial charge in [0.15, 0.2) is 0 Å². The summed E-state index contributed by atoms with van der Waals surface area (Å²) in [5.41, 5.74) is 3.02. The van der Waals surface area contributed by atoms with Crippen LogP contribution in [0.15, 0.2) is 24.5 Å². The van der Waals surface area contributed by atoms with Crippen molar-refractivity contribution in [2.45, 2.75) is 32.2 Å². The van der Waals surface area contributed by atoms with E-state index in [9.17, 15) is 0 Å². The Hall–Kier alpha value is -1.35. The van der Waals surface area contributed by atoms with Gasteiger partial charge in [0.1, 0.15) is 5.65 Å². The maximum absolute atomic E-state index is 4.33. The molecule has 2 aromatic heterocycles. The van der Waals surface area contributed by atoms with Crippen LogP contribution in [0, 0.1) is 11.3 Å². The molecule has 2 fully saturated rings. The molecule has 18 heavy (non-hydrogen) atoms. The van der Waals surface area contributed by atoms with Gasteiger partial charge >= 0.3 is 0 Å². The third-order valence-electron chi connectivity index (χ3n) is 4.66. The first-order valence-electron chi connectivity index (χ1n) is 6.99. The predicted molar refractivity (Wildman–Crippen MR) is 72.2 cm³/mol. The first-order chi connectivity index (χ1) is 8.87. The zero-order valence-corrected chi connectivity index (χ0v) is 10.6. The second kappa shape index (κ2) is 3.82. The Labute approximate surface area is 107 Å². The monoisotopic (exact) mass is 241 g/mol. The zero-order valence-electron chi connectivity index (χ0n) is 10.6. The molecule has 2 aliphatic carbocycles. The largest absolute Gasteiger partial charge is 0.346 e. The average Bonchev–Trinajstić information content (AvgIpc) is 3.28. The molecule has 0 saturated heterocycles. The van der Waals surface area contributed by atoms with Crippen LogP contribution in [0.1, 0.15) is 31.2 Å². The molecule has 94 valence electrons. The quantitative estimate of drug-likeness (QED) is 0.845. The third-order valence-corrected chi connectivity index (χ3v) is 4.66. The lowest BCUT2D eigenvalue weighted by Crippen LogP contribution is -2.24. The van der Waals surface area contributed by atoms with Crippen molar-refractivity contribution in [1.82, 2.24) is 15.3 Å². The van der Waals surface area contributed by atoms with E-state index in [4.69, 9.17) is 0 Å². The average molecular weight is 241 g/mol. The van der Waals surface area contributed by atoms with E-state index in [-0.39, 0.29) is 0 Å². The van der Waals surface area contributed by atoms with Crippen LogP contribution >= 0.6 is 0 Å². The summed E-state index contributed by atoms with van der Waals surface area (Å²) in [6, 6.07) is 4.15. The molecule has 3 nitrogen and oxygen atoms in total. The van der Waals surface area contributed by atoms with Gasteiger partial charge in [0.25, 0.3) is 0 Å². The fraction of sp³-hybridized carbons (Fsp3) is 0.533. The van der Waals surface area contributed by atoms with Crippen molar-refractivity contribution in [3.63, 3.8) is 0 Å². The van der Waals surface area contributed by atoms with Crippen LogP contribution in [-0.4, -0.2) is 16.5 Å². The van der Waals surface area contributed by atoms with E-state index >= 15 is 0 Å². The lowest BCUT2D eigenvalue weighted by molar-refractivity contribution is 0.404. The van der Waals surface area contributed by atoms with Gasteiger partial charge in [-0.3, -0.25) is 0 Å². The first kappa shape index (κ1) is 10.6. The number of hydrogen-bond acceptors (Lipinski definition) is 2. The van der Waals surface area contributed by atoms with Crippen molar-refractivity contribution in [3.8, 4) is 0 Å². The lowest BCUT2D eigenvalue weighted by Gasteiger charge is -2.14. The standard InChI is InChI=1S/C15H19N3/c1-2-13-11(9-18-14(13)17-7-1)8-16-10-15(5-6-15)12-3-4-12/h1-2,7,9,12,16H,3-6,8,10H2,(H,17,18). The summed E-state index contributed by atoms with van der Waals surface area (Å²) >= 11 is 0. The SMILES string of the molecule is c1cnc2[nH]cc(CNCC3(C4CC4)CC3)c2c1. The van der Waals surface area contributed by atoms with Crippen molar-refractivity contribution in [2.24, 2.45) is 11.3 Å². The molecule has 2 heterocycles. The lowest BCUT2D eigenvalue weighted by atomic mass is 10.0. The number of nitrogens with zero attached hydrogens (tertiary/aromatic N) is 1. The summed E-state index contributed by atoms with van der Waals surface area (Å²) in [5.74, 6) is 1.04. The second-order valence-corrected chi connectivity index (χ2v) is 5.95. The van der Waals surface area contributed by atoms with Crippen molar-refractivity contribution in [1.29, 1.82) is 0 Å². The van der Waals surface area contributed by atoms with E-state index in [1.165, 1.54) is 43.2 Å². The molecule has 0 bridgehead atoms. The minimum Gasteiger partial charge on any atom is -0.346 e. The van der Waals surface area contributed by atoms with Crippen LogP contribution < -0.4 is 5.32 Å². The Morgan fingerprint density at radius 1 is 1.39 bits per heavy atom. The Morgan fingerprint density at radius 2 is 2.28 bits per heavy atom. The highest BCUT2D eigenvalue weighted by Gasteiger charge is 2.53. The smallest absolute Gasteiger partial charge is 0.137 e. The molecule has 0 unspecified atom stereocenters. The van der Waals surface area contributed by atoms with Gasteiger partial charge in [-0.25, -0.2) is 4.98 Å². The molecule has 2 saturated carbocycles.